The molecular weight excluding hydrogens is 424 g/mol. The zero-order chi connectivity index (χ0) is 23.9. The Morgan fingerprint density at radius 2 is 1.64 bits per heavy atom. The Hall–Kier alpha value is -3.48. The SMILES string of the molecule is COc1ccc(C2OC34CCCCCCC3C(C#N)(C(=N)O4)C2(C#N)C#N)c(OC)c1OC. The quantitative estimate of drug-likeness (QED) is 0.725. The lowest BCUT2D eigenvalue weighted by atomic mass is 9.52. The highest BCUT2D eigenvalue weighted by molar-refractivity contribution is 5.89. The third kappa shape index (κ3) is 2.74. The van der Waals surface area contributed by atoms with E-state index in [-0.39, 0.29) is 17.4 Å². The van der Waals surface area contributed by atoms with Crippen LogP contribution in [0.5, 0.6) is 17.2 Å². The van der Waals surface area contributed by atoms with E-state index in [1.54, 1.807) is 12.1 Å². The van der Waals surface area contributed by atoms with Gasteiger partial charge in [0.15, 0.2) is 16.9 Å². The number of rotatable bonds is 4. The Balaban J connectivity index is 2.02. The molecule has 2 heterocycles. The van der Waals surface area contributed by atoms with Crippen molar-refractivity contribution in [3.05, 3.63) is 17.7 Å². The van der Waals surface area contributed by atoms with Crippen molar-refractivity contribution in [3.63, 3.8) is 0 Å². The van der Waals surface area contributed by atoms with Crippen molar-refractivity contribution in [2.24, 2.45) is 16.7 Å². The Morgan fingerprint density at radius 3 is 2.24 bits per heavy atom. The summed E-state index contributed by atoms with van der Waals surface area (Å²) in [5, 5.41) is 40.1. The molecule has 33 heavy (non-hydrogen) atoms. The van der Waals surface area contributed by atoms with Crippen molar-refractivity contribution in [1.82, 2.24) is 0 Å². The van der Waals surface area contributed by atoms with E-state index in [9.17, 15) is 15.8 Å². The van der Waals surface area contributed by atoms with Crippen LogP contribution in [0.25, 0.3) is 0 Å². The Bertz CT molecular complexity index is 1090. The van der Waals surface area contributed by atoms with Crippen LogP contribution in [0.1, 0.15) is 50.2 Å². The minimum atomic E-state index is -2.05. The first-order chi connectivity index (χ1) is 15.9. The topological polar surface area (TPSA) is 141 Å². The third-order valence-electron chi connectivity index (χ3n) is 7.33. The summed E-state index contributed by atoms with van der Waals surface area (Å²) >= 11 is 0. The summed E-state index contributed by atoms with van der Waals surface area (Å²) in [5.41, 5.74) is -3.47. The second-order valence-corrected chi connectivity index (χ2v) is 8.62. The molecule has 2 saturated heterocycles. The van der Waals surface area contributed by atoms with Gasteiger partial charge >= 0.3 is 0 Å². The van der Waals surface area contributed by atoms with Gasteiger partial charge in [0.1, 0.15) is 6.10 Å². The molecule has 0 aromatic heterocycles. The average Bonchev–Trinajstić information content (AvgIpc) is 3.00. The van der Waals surface area contributed by atoms with E-state index < -0.39 is 28.6 Å². The summed E-state index contributed by atoms with van der Waals surface area (Å²) in [7, 11) is 4.38. The number of benzene rings is 1. The van der Waals surface area contributed by atoms with Crippen LogP contribution in [0, 0.1) is 56.2 Å². The molecule has 1 saturated carbocycles. The van der Waals surface area contributed by atoms with Crippen molar-refractivity contribution in [2.75, 3.05) is 21.3 Å². The molecule has 1 N–H and O–H groups in total. The van der Waals surface area contributed by atoms with Crippen LogP contribution < -0.4 is 14.2 Å². The van der Waals surface area contributed by atoms with Crippen molar-refractivity contribution >= 4 is 5.90 Å². The number of ether oxygens (including phenoxy) is 5. The van der Waals surface area contributed by atoms with Crippen LogP contribution in [0.3, 0.4) is 0 Å². The van der Waals surface area contributed by atoms with Crippen LogP contribution in [0.4, 0.5) is 0 Å². The first-order valence-corrected chi connectivity index (χ1v) is 10.9. The van der Waals surface area contributed by atoms with Gasteiger partial charge in [-0.25, -0.2) is 0 Å². The van der Waals surface area contributed by atoms with Gasteiger partial charge in [0.2, 0.25) is 22.8 Å². The van der Waals surface area contributed by atoms with Gasteiger partial charge in [-0.05, 0) is 25.0 Å². The van der Waals surface area contributed by atoms with Crippen molar-refractivity contribution < 1.29 is 23.7 Å². The molecule has 1 aliphatic carbocycles. The molecule has 3 aliphatic rings. The maximum absolute atomic E-state index is 10.5. The number of nitriles is 3. The van der Waals surface area contributed by atoms with Gasteiger partial charge in [0.25, 0.3) is 0 Å². The summed E-state index contributed by atoms with van der Waals surface area (Å²) < 4.78 is 29.1. The highest BCUT2D eigenvalue weighted by Crippen LogP contribution is 2.69. The Kier molecular flexibility index (Phi) is 5.60. The van der Waals surface area contributed by atoms with E-state index >= 15 is 0 Å². The molecule has 1 aromatic rings. The molecule has 1 aromatic carbocycles. The fourth-order valence-corrected chi connectivity index (χ4v) is 5.82. The molecule has 9 nitrogen and oxygen atoms in total. The van der Waals surface area contributed by atoms with E-state index in [1.807, 2.05) is 0 Å². The first-order valence-electron chi connectivity index (χ1n) is 10.9. The van der Waals surface area contributed by atoms with Gasteiger partial charge in [-0.1, -0.05) is 19.3 Å². The number of hydrogen-bond acceptors (Lipinski definition) is 9. The fourth-order valence-electron chi connectivity index (χ4n) is 5.82. The van der Waals surface area contributed by atoms with Crippen LogP contribution in [0.2, 0.25) is 0 Å². The van der Waals surface area contributed by atoms with Gasteiger partial charge in [-0.15, -0.1) is 0 Å². The molecule has 4 atom stereocenters. The molecule has 0 radical (unpaired) electrons. The molecule has 4 unspecified atom stereocenters. The van der Waals surface area contributed by atoms with Crippen LogP contribution in [-0.4, -0.2) is 33.0 Å². The lowest BCUT2D eigenvalue weighted by Crippen LogP contribution is -2.59. The molecule has 3 fully saturated rings. The maximum atomic E-state index is 10.5. The van der Waals surface area contributed by atoms with Gasteiger partial charge in [0, 0.05) is 12.0 Å². The molecular formula is C24H26N4O5. The lowest BCUT2D eigenvalue weighted by Gasteiger charge is -2.50. The molecule has 2 aliphatic heterocycles. The summed E-state index contributed by atoms with van der Waals surface area (Å²) in [6, 6.07) is 9.67. The highest BCUT2D eigenvalue weighted by atomic mass is 16.7. The van der Waals surface area contributed by atoms with Gasteiger partial charge in [-0.3, -0.25) is 5.41 Å². The average molecular weight is 450 g/mol. The monoisotopic (exact) mass is 450 g/mol. The summed E-state index contributed by atoms with van der Waals surface area (Å²) in [6.07, 6.45) is 3.29. The third-order valence-corrected chi connectivity index (χ3v) is 7.33. The maximum Gasteiger partial charge on any atom is 0.217 e. The van der Waals surface area contributed by atoms with Gasteiger partial charge < -0.3 is 23.7 Å². The minimum Gasteiger partial charge on any atom is -0.493 e. The normalized spacial score (nSPS) is 31.9. The molecule has 2 bridgehead atoms. The molecule has 4 rings (SSSR count). The molecule has 0 amide bonds. The minimum absolute atomic E-state index is 0.233. The molecule has 9 heteroatoms. The number of methoxy groups -OCH3 is 3. The number of nitrogens with one attached hydrogen (secondary N) is 1. The van der Waals surface area contributed by atoms with E-state index in [2.05, 4.69) is 18.2 Å². The van der Waals surface area contributed by atoms with Crippen molar-refractivity contribution in [2.45, 2.75) is 50.4 Å². The standard InChI is InChI=1S/C24H26N4O5/c1-29-16-10-9-15(18(30-2)19(16)31-3)20-22(12-25,13-26)23(14-27)17-8-6-4-5-7-11-24(17,32-20)33-21(23)28/h9-10,17,20,28H,4-8,11H2,1-3H3. The molecule has 172 valence electrons. The molecule has 0 spiro atoms. The first kappa shape index (κ1) is 22.7. The largest absolute Gasteiger partial charge is 0.493 e. The van der Waals surface area contributed by atoms with Crippen LogP contribution in [-0.2, 0) is 9.47 Å². The van der Waals surface area contributed by atoms with Crippen molar-refractivity contribution in [1.29, 1.82) is 21.2 Å². The predicted octanol–water partition coefficient (Wildman–Crippen LogP) is 4.00. The van der Waals surface area contributed by atoms with Crippen LogP contribution >= 0.6 is 0 Å². The van der Waals surface area contributed by atoms with Crippen LogP contribution in [0.15, 0.2) is 12.1 Å². The van der Waals surface area contributed by atoms with E-state index in [0.29, 0.717) is 24.2 Å². The van der Waals surface area contributed by atoms with E-state index in [1.165, 1.54) is 21.3 Å². The van der Waals surface area contributed by atoms with Crippen molar-refractivity contribution in [3.8, 4) is 35.5 Å². The second kappa shape index (κ2) is 8.14. The number of nitrogens with zero attached hydrogens (tertiary/aromatic N) is 3. The summed E-state index contributed by atoms with van der Waals surface area (Å²) in [5.74, 6) is -1.34. The fraction of sp³-hybridized carbons (Fsp3) is 0.583. The van der Waals surface area contributed by atoms with Gasteiger partial charge in [-0.2, -0.15) is 15.8 Å². The number of hydrogen-bond donors (Lipinski definition) is 1. The Labute approximate surface area is 192 Å². The zero-order valence-corrected chi connectivity index (χ0v) is 18.9. The predicted molar refractivity (Wildman–Crippen MR) is 114 cm³/mol. The van der Waals surface area contributed by atoms with Gasteiger partial charge in [0.05, 0.1) is 45.5 Å². The second-order valence-electron chi connectivity index (χ2n) is 8.62. The lowest BCUT2D eigenvalue weighted by molar-refractivity contribution is -0.289. The van der Waals surface area contributed by atoms with E-state index in [0.717, 1.165) is 25.7 Å². The highest BCUT2D eigenvalue weighted by Gasteiger charge is 2.80. The summed E-state index contributed by atoms with van der Waals surface area (Å²) in [6.45, 7) is 0. The smallest absolute Gasteiger partial charge is 0.217 e. The Morgan fingerprint density at radius 1 is 0.939 bits per heavy atom. The van der Waals surface area contributed by atoms with E-state index in [4.69, 9.17) is 29.1 Å². The zero-order valence-electron chi connectivity index (χ0n) is 18.9. The summed E-state index contributed by atoms with van der Waals surface area (Å²) in [4.78, 5) is 0.